The molecule has 0 radical (unpaired) electrons. The molecular formula is C16H27NO. The summed E-state index contributed by atoms with van der Waals surface area (Å²) in [4.78, 5) is 0. The van der Waals surface area contributed by atoms with Gasteiger partial charge in [0.05, 0.1) is 0 Å². The van der Waals surface area contributed by atoms with Crippen molar-refractivity contribution in [2.24, 2.45) is 0 Å². The number of benzene rings is 1. The maximum absolute atomic E-state index is 5.63. The number of rotatable bonds is 9. The van der Waals surface area contributed by atoms with Gasteiger partial charge in [-0.05, 0) is 44.4 Å². The Hall–Kier alpha value is -0.860. The first kappa shape index (κ1) is 15.2. The summed E-state index contributed by atoms with van der Waals surface area (Å²) in [5.74, 6) is 0. The molecule has 1 aromatic carbocycles. The summed E-state index contributed by atoms with van der Waals surface area (Å²) >= 11 is 0. The largest absolute Gasteiger partial charge is 0.381 e. The fourth-order valence-electron chi connectivity index (χ4n) is 2.03. The van der Waals surface area contributed by atoms with Crippen molar-refractivity contribution in [3.63, 3.8) is 0 Å². The van der Waals surface area contributed by atoms with Crippen molar-refractivity contribution in [1.82, 2.24) is 5.32 Å². The highest BCUT2D eigenvalue weighted by Crippen LogP contribution is 2.11. The molecule has 1 unspecified atom stereocenters. The fourth-order valence-corrected chi connectivity index (χ4v) is 2.03. The van der Waals surface area contributed by atoms with Gasteiger partial charge in [0.2, 0.25) is 0 Å². The van der Waals surface area contributed by atoms with Crippen molar-refractivity contribution in [1.29, 1.82) is 0 Å². The van der Waals surface area contributed by atoms with Gasteiger partial charge in [-0.2, -0.15) is 0 Å². The van der Waals surface area contributed by atoms with Crippen molar-refractivity contribution >= 4 is 0 Å². The molecule has 0 saturated heterocycles. The molecule has 1 N–H and O–H groups in total. The average Bonchev–Trinajstić information content (AvgIpc) is 2.39. The minimum Gasteiger partial charge on any atom is -0.381 e. The zero-order valence-corrected chi connectivity index (χ0v) is 12.0. The van der Waals surface area contributed by atoms with Crippen LogP contribution in [-0.4, -0.2) is 26.3 Å². The van der Waals surface area contributed by atoms with Crippen LogP contribution >= 0.6 is 0 Å². The minimum absolute atomic E-state index is 0.507. The van der Waals surface area contributed by atoms with E-state index in [2.05, 4.69) is 43.4 Å². The highest BCUT2D eigenvalue weighted by molar-refractivity contribution is 5.26. The number of nitrogens with one attached hydrogen (secondary N) is 1. The average molecular weight is 249 g/mol. The molecule has 0 bridgehead atoms. The van der Waals surface area contributed by atoms with E-state index in [4.69, 9.17) is 4.74 Å². The third-order valence-electron chi connectivity index (χ3n) is 3.39. The zero-order valence-electron chi connectivity index (χ0n) is 12.0. The van der Waals surface area contributed by atoms with Crippen LogP contribution in [0, 0.1) is 6.92 Å². The Kier molecular flexibility index (Phi) is 7.70. The van der Waals surface area contributed by atoms with Gasteiger partial charge < -0.3 is 10.1 Å². The summed E-state index contributed by atoms with van der Waals surface area (Å²) in [7, 11) is 2.04. The predicted octanol–water partition coefficient (Wildman–Crippen LogP) is 3.33. The van der Waals surface area contributed by atoms with E-state index < -0.39 is 0 Å². The molecule has 0 aliphatic rings. The SMILES string of the molecule is CCCCOCCC(Cc1ccccc1C)NC. The first-order valence-electron chi connectivity index (χ1n) is 7.07. The van der Waals surface area contributed by atoms with Crippen LogP contribution in [0.25, 0.3) is 0 Å². The second kappa shape index (κ2) is 9.12. The van der Waals surface area contributed by atoms with Crippen molar-refractivity contribution in [3.05, 3.63) is 35.4 Å². The Morgan fingerprint density at radius 2 is 2.00 bits per heavy atom. The van der Waals surface area contributed by atoms with Crippen LogP contribution in [0.5, 0.6) is 0 Å². The van der Waals surface area contributed by atoms with E-state index in [0.717, 1.165) is 26.1 Å². The summed E-state index contributed by atoms with van der Waals surface area (Å²) in [5.41, 5.74) is 2.81. The van der Waals surface area contributed by atoms with Crippen molar-refractivity contribution in [2.75, 3.05) is 20.3 Å². The smallest absolute Gasteiger partial charge is 0.0480 e. The summed E-state index contributed by atoms with van der Waals surface area (Å²) in [6, 6.07) is 9.12. The van der Waals surface area contributed by atoms with Gasteiger partial charge >= 0.3 is 0 Å². The molecule has 1 atom stereocenters. The van der Waals surface area contributed by atoms with Crippen molar-refractivity contribution < 1.29 is 4.74 Å². The van der Waals surface area contributed by atoms with Crippen LogP contribution in [0.15, 0.2) is 24.3 Å². The van der Waals surface area contributed by atoms with E-state index in [-0.39, 0.29) is 0 Å². The molecule has 1 aromatic rings. The number of unbranched alkanes of at least 4 members (excludes halogenated alkanes) is 1. The Morgan fingerprint density at radius 1 is 1.22 bits per heavy atom. The van der Waals surface area contributed by atoms with Crippen LogP contribution in [0.3, 0.4) is 0 Å². The van der Waals surface area contributed by atoms with Gasteiger partial charge in [0.25, 0.3) is 0 Å². The molecule has 0 amide bonds. The summed E-state index contributed by atoms with van der Waals surface area (Å²) in [5, 5.41) is 3.39. The third kappa shape index (κ3) is 5.65. The van der Waals surface area contributed by atoms with E-state index in [1.165, 1.54) is 24.0 Å². The van der Waals surface area contributed by atoms with Gasteiger partial charge in [-0.1, -0.05) is 37.6 Å². The van der Waals surface area contributed by atoms with Gasteiger partial charge in [-0.25, -0.2) is 0 Å². The highest BCUT2D eigenvalue weighted by Gasteiger charge is 2.08. The van der Waals surface area contributed by atoms with Crippen LogP contribution in [0.1, 0.15) is 37.3 Å². The molecule has 0 saturated carbocycles. The monoisotopic (exact) mass is 249 g/mol. The molecule has 0 spiro atoms. The maximum atomic E-state index is 5.63. The van der Waals surface area contributed by atoms with Crippen LogP contribution < -0.4 is 5.32 Å². The fraction of sp³-hybridized carbons (Fsp3) is 0.625. The molecule has 0 aromatic heterocycles. The Bertz CT molecular complexity index is 325. The molecule has 0 aliphatic carbocycles. The lowest BCUT2D eigenvalue weighted by atomic mass is 10.00. The van der Waals surface area contributed by atoms with E-state index >= 15 is 0 Å². The standard InChI is InChI=1S/C16H27NO/c1-4-5-11-18-12-10-16(17-3)13-15-9-7-6-8-14(15)2/h6-9,16-17H,4-5,10-13H2,1-3H3. The van der Waals surface area contributed by atoms with E-state index in [0.29, 0.717) is 6.04 Å². The first-order valence-corrected chi connectivity index (χ1v) is 7.07. The minimum atomic E-state index is 0.507. The molecule has 0 heterocycles. The zero-order chi connectivity index (χ0) is 13.2. The van der Waals surface area contributed by atoms with Gasteiger partial charge in [-0.3, -0.25) is 0 Å². The molecule has 18 heavy (non-hydrogen) atoms. The Morgan fingerprint density at radius 3 is 2.67 bits per heavy atom. The van der Waals surface area contributed by atoms with E-state index in [1.807, 2.05) is 7.05 Å². The van der Waals surface area contributed by atoms with Gasteiger partial charge in [-0.15, -0.1) is 0 Å². The molecule has 0 aliphatic heterocycles. The lowest BCUT2D eigenvalue weighted by Gasteiger charge is -2.17. The lowest BCUT2D eigenvalue weighted by Crippen LogP contribution is -2.29. The third-order valence-corrected chi connectivity index (χ3v) is 3.39. The molecule has 2 heteroatoms. The number of ether oxygens (including phenoxy) is 1. The van der Waals surface area contributed by atoms with Crippen molar-refractivity contribution in [2.45, 2.75) is 45.6 Å². The molecule has 2 nitrogen and oxygen atoms in total. The van der Waals surface area contributed by atoms with Crippen LogP contribution in [-0.2, 0) is 11.2 Å². The number of likely N-dealkylation sites (N-methyl/N-ethyl adjacent to an activating group) is 1. The van der Waals surface area contributed by atoms with E-state index in [1.54, 1.807) is 0 Å². The topological polar surface area (TPSA) is 21.3 Å². The van der Waals surface area contributed by atoms with Crippen molar-refractivity contribution in [3.8, 4) is 0 Å². The second-order valence-corrected chi connectivity index (χ2v) is 4.87. The lowest BCUT2D eigenvalue weighted by molar-refractivity contribution is 0.122. The molecular weight excluding hydrogens is 222 g/mol. The number of hydrogen-bond acceptors (Lipinski definition) is 2. The number of aryl methyl sites for hydroxylation is 1. The molecule has 1 rings (SSSR count). The summed E-state index contributed by atoms with van der Waals surface area (Å²) < 4.78 is 5.63. The number of hydrogen-bond donors (Lipinski definition) is 1. The van der Waals surface area contributed by atoms with Crippen LogP contribution in [0.2, 0.25) is 0 Å². The maximum Gasteiger partial charge on any atom is 0.0480 e. The predicted molar refractivity (Wildman–Crippen MR) is 78.1 cm³/mol. The normalized spacial score (nSPS) is 12.6. The van der Waals surface area contributed by atoms with Gasteiger partial charge in [0, 0.05) is 19.3 Å². The van der Waals surface area contributed by atoms with Crippen LogP contribution in [0.4, 0.5) is 0 Å². The Balaban J connectivity index is 2.31. The van der Waals surface area contributed by atoms with E-state index in [9.17, 15) is 0 Å². The highest BCUT2D eigenvalue weighted by atomic mass is 16.5. The Labute approximate surface area is 112 Å². The molecule has 0 fully saturated rings. The first-order chi connectivity index (χ1) is 8.77. The van der Waals surface area contributed by atoms with Gasteiger partial charge in [0.15, 0.2) is 0 Å². The summed E-state index contributed by atoms with van der Waals surface area (Å²) in [6.45, 7) is 6.13. The second-order valence-electron chi connectivity index (χ2n) is 4.87. The molecule has 102 valence electrons. The summed E-state index contributed by atoms with van der Waals surface area (Å²) in [6.07, 6.45) is 4.54. The van der Waals surface area contributed by atoms with Gasteiger partial charge in [0.1, 0.15) is 0 Å². The quantitative estimate of drug-likeness (QED) is 0.678.